The summed E-state index contributed by atoms with van der Waals surface area (Å²) < 4.78 is 11.1. The van der Waals surface area contributed by atoms with Gasteiger partial charge in [0, 0.05) is 32.3 Å². The molecule has 5 heteroatoms. The molecule has 2 aliphatic heterocycles. The normalized spacial score (nSPS) is 25.0. The van der Waals surface area contributed by atoms with Gasteiger partial charge < -0.3 is 19.7 Å². The van der Waals surface area contributed by atoms with Crippen molar-refractivity contribution in [2.45, 2.75) is 78.4 Å². The predicted molar refractivity (Wildman–Crippen MR) is 101 cm³/mol. The molecule has 1 N–H and O–H groups in total. The molecule has 2 saturated heterocycles. The van der Waals surface area contributed by atoms with Crippen LogP contribution in [0, 0.1) is 11.3 Å². The van der Waals surface area contributed by atoms with Crippen LogP contribution in [-0.4, -0.2) is 55.5 Å². The van der Waals surface area contributed by atoms with E-state index in [4.69, 9.17) is 9.47 Å². The molecule has 0 saturated carbocycles. The van der Waals surface area contributed by atoms with Crippen LogP contribution in [0.15, 0.2) is 0 Å². The van der Waals surface area contributed by atoms with Crippen LogP contribution in [0.1, 0.15) is 66.7 Å². The van der Waals surface area contributed by atoms with Gasteiger partial charge in [-0.2, -0.15) is 0 Å². The van der Waals surface area contributed by atoms with Gasteiger partial charge in [-0.25, -0.2) is 4.79 Å². The fourth-order valence-corrected chi connectivity index (χ4v) is 4.03. The topological polar surface area (TPSA) is 50.8 Å². The highest BCUT2D eigenvalue weighted by atomic mass is 16.6. The summed E-state index contributed by atoms with van der Waals surface area (Å²) in [5, 5.41) is 3.79. The zero-order valence-corrected chi connectivity index (χ0v) is 16.9. The Kier molecular flexibility index (Phi) is 7.15. The Morgan fingerprint density at radius 2 is 2.04 bits per heavy atom. The quantitative estimate of drug-likeness (QED) is 0.788. The molecule has 146 valence electrons. The van der Waals surface area contributed by atoms with Crippen LogP contribution in [0.25, 0.3) is 0 Å². The standard InChI is InChI=1S/C20H38N2O3/c1-6-8-20(15-21-16(2)17-7-13-24-14-17)9-11-22(12-10-20)18(23)25-19(3,4)5/h16-17,21H,6-15H2,1-5H3. The lowest BCUT2D eigenvalue weighted by atomic mass is 9.74. The van der Waals surface area contributed by atoms with Gasteiger partial charge in [0.05, 0.1) is 6.61 Å². The molecule has 0 aromatic carbocycles. The van der Waals surface area contributed by atoms with E-state index >= 15 is 0 Å². The highest BCUT2D eigenvalue weighted by Gasteiger charge is 2.37. The molecule has 2 fully saturated rings. The molecular weight excluding hydrogens is 316 g/mol. The summed E-state index contributed by atoms with van der Waals surface area (Å²) in [4.78, 5) is 14.2. The van der Waals surface area contributed by atoms with Crippen LogP contribution in [0.5, 0.6) is 0 Å². The molecule has 5 nitrogen and oxygen atoms in total. The molecule has 2 aliphatic rings. The Labute approximate surface area is 153 Å². The first-order chi connectivity index (χ1) is 11.7. The first-order valence-corrected chi connectivity index (χ1v) is 10.0. The van der Waals surface area contributed by atoms with Crippen LogP contribution < -0.4 is 5.32 Å². The van der Waals surface area contributed by atoms with Crippen molar-refractivity contribution in [1.29, 1.82) is 0 Å². The van der Waals surface area contributed by atoms with E-state index in [0.29, 0.717) is 17.4 Å². The molecule has 2 heterocycles. The third-order valence-electron chi connectivity index (χ3n) is 5.73. The number of hydrogen-bond donors (Lipinski definition) is 1. The average molecular weight is 355 g/mol. The number of likely N-dealkylation sites (tertiary alicyclic amines) is 1. The summed E-state index contributed by atoms with van der Waals surface area (Å²) in [5.41, 5.74) is -0.115. The van der Waals surface area contributed by atoms with E-state index in [1.165, 1.54) is 19.3 Å². The number of hydrogen-bond acceptors (Lipinski definition) is 4. The molecule has 0 aliphatic carbocycles. The largest absolute Gasteiger partial charge is 0.444 e. The van der Waals surface area contributed by atoms with E-state index < -0.39 is 5.60 Å². The Morgan fingerprint density at radius 1 is 1.36 bits per heavy atom. The molecular formula is C20H38N2O3. The summed E-state index contributed by atoms with van der Waals surface area (Å²) in [6.45, 7) is 14.8. The minimum Gasteiger partial charge on any atom is -0.444 e. The van der Waals surface area contributed by atoms with Gasteiger partial charge in [-0.1, -0.05) is 13.3 Å². The zero-order chi connectivity index (χ0) is 18.5. The van der Waals surface area contributed by atoms with E-state index in [0.717, 1.165) is 45.7 Å². The third-order valence-corrected chi connectivity index (χ3v) is 5.73. The van der Waals surface area contributed by atoms with E-state index in [9.17, 15) is 4.79 Å². The summed E-state index contributed by atoms with van der Waals surface area (Å²) in [5.74, 6) is 0.639. The lowest BCUT2D eigenvalue weighted by Crippen LogP contribution is -2.50. The van der Waals surface area contributed by atoms with Crippen molar-refractivity contribution >= 4 is 6.09 Å². The molecule has 2 atom stereocenters. The fraction of sp³-hybridized carbons (Fsp3) is 0.950. The van der Waals surface area contributed by atoms with Gasteiger partial charge in [0.25, 0.3) is 0 Å². The Bertz CT molecular complexity index is 419. The van der Waals surface area contributed by atoms with Gasteiger partial charge in [-0.05, 0) is 64.7 Å². The van der Waals surface area contributed by atoms with Crippen LogP contribution in [0.4, 0.5) is 4.79 Å². The van der Waals surface area contributed by atoms with E-state index in [1.54, 1.807) is 0 Å². The Hall–Kier alpha value is -0.810. The van der Waals surface area contributed by atoms with Gasteiger partial charge in [-0.15, -0.1) is 0 Å². The van der Waals surface area contributed by atoms with Crippen molar-refractivity contribution in [2.75, 3.05) is 32.8 Å². The van der Waals surface area contributed by atoms with Gasteiger partial charge in [0.2, 0.25) is 0 Å². The fourth-order valence-electron chi connectivity index (χ4n) is 4.03. The van der Waals surface area contributed by atoms with Crippen LogP contribution in [0.3, 0.4) is 0 Å². The van der Waals surface area contributed by atoms with Crippen molar-refractivity contribution in [3.05, 3.63) is 0 Å². The van der Waals surface area contributed by atoms with Gasteiger partial charge in [0.15, 0.2) is 0 Å². The molecule has 1 amide bonds. The number of rotatable bonds is 6. The molecule has 0 aromatic heterocycles. The Morgan fingerprint density at radius 3 is 2.56 bits per heavy atom. The van der Waals surface area contributed by atoms with Crippen molar-refractivity contribution in [2.24, 2.45) is 11.3 Å². The zero-order valence-electron chi connectivity index (χ0n) is 16.9. The summed E-state index contributed by atoms with van der Waals surface area (Å²) in [6.07, 6.45) is 5.52. The molecule has 0 aromatic rings. The number of amides is 1. The Balaban J connectivity index is 1.85. The molecule has 0 bridgehead atoms. The number of nitrogens with one attached hydrogen (secondary N) is 1. The SMILES string of the molecule is CCCC1(CNC(C)C2CCOC2)CCN(C(=O)OC(C)(C)C)CC1. The van der Waals surface area contributed by atoms with Crippen molar-refractivity contribution < 1.29 is 14.3 Å². The average Bonchev–Trinajstić information content (AvgIpc) is 3.06. The monoisotopic (exact) mass is 354 g/mol. The van der Waals surface area contributed by atoms with Crippen LogP contribution >= 0.6 is 0 Å². The second-order valence-electron chi connectivity index (χ2n) is 9.01. The highest BCUT2D eigenvalue weighted by molar-refractivity contribution is 5.68. The molecule has 0 spiro atoms. The van der Waals surface area contributed by atoms with E-state index in [-0.39, 0.29) is 6.09 Å². The lowest BCUT2D eigenvalue weighted by Gasteiger charge is -2.43. The maximum Gasteiger partial charge on any atom is 0.410 e. The van der Waals surface area contributed by atoms with E-state index in [2.05, 4.69) is 19.2 Å². The minimum absolute atomic E-state index is 0.165. The summed E-state index contributed by atoms with van der Waals surface area (Å²) >= 11 is 0. The van der Waals surface area contributed by atoms with Crippen LogP contribution in [0.2, 0.25) is 0 Å². The van der Waals surface area contributed by atoms with Crippen molar-refractivity contribution in [1.82, 2.24) is 10.2 Å². The number of nitrogens with zero attached hydrogens (tertiary/aromatic N) is 1. The summed E-state index contributed by atoms with van der Waals surface area (Å²) in [6, 6.07) is 0.500. The molecule has 0 radical (unpaired) electrons. The summed E-state index contributed by atoms with van der Waals surface area (Å²) in [7, 11) is 0. The predicted octanol–water partition coefficient (Wildman–Crippen LogP) is 3.82. The number of ether oxygens (including phenoxy) is 2. The first-order valence-electron chi connectivity index (χ1n) is 10.0. The second kappa shape index (κ2) is 8.72. The minimum atomic E-state index is -0.421. The lowest BCUT2D eigenvalue weighted by molar-refractivity contribution is 0.00824. The second-order valence-corrected chi connectivity index (χ2v) is 9.01. The van der Waals surface area contributed by atoms with Gasteiger partial charge >= 0.3 is 6.09 Å². The number of carbonyl (C=O) groups is 1. The molecule has 2 rings (SSSR count). The van der Waals surface area contributed by atoms with Gasteiger partial charge in [-0.3, -0.25) is 0 Å². The van der Waals surface area contributed by atoms with Crippen molar-refractivity contribution in [3.63, 3.8) is 0 Å². The maximum absolute atomic E-state index is 12.3. The van der Waals surface area contributed by atoms with Crippen LogP contribution in [-0.2, 0) is 9.47 Å². The van der Waals surface area contributed by atoms with E-state index in [1.807, 2.05) is 25.7 Å². The first kappa shape index (κ1) is 20.5. The smallest absolute Gasteiger partial charge is 0.410 e. The van der Waals surface area contributed by atoms with Crippen molar-refractivity contribution in [3.8, 4) is 0 Å². The molecule has 25 heavy (non-hydrogen) atoms. The number of piperidine rings is 1. The van der Waals surface area contributed by atoms with Gasteiger partial charge in [0.1, 0.15) is 5.60 Å². The molecule has 2 unspecified atom stereocenters. The third kappa shape index (κ3) is 6.14. The number of carbonyl (C=O) groups excluding carboxylic acids is 1. The maximum atomic E-state index is 12.3. The highest BCUT2D eigenvalue weighted by Crippen LogP contribution is 2.36.